The number of ether oxygens (including phenoxy) is 1. The highest BCUT2D eigenvalue weighted by Gasteiger charge is 2.29. The number of nitrogens with two attached hydrogens (primary N) is 1. The Morgan fingerprint density at radius 1 is 1.53 bits per heavy atom. The van der Waals surface area contributed by atoms with Crippen LogP contribution in [0.2, 0.25) is 0 Å². The summed E-state index contributed by atoms with van der Waals surface area (Å²) in [4.78, 5) is 13.6. The van der Waals surface area contributed by atoms with Gasteiger partial charge in [-0.2, -0.15) is 0 Å². The van der Waals surface area contributed by atoms with Gasteiger partial charge in [0.2, 0.25) is 5.91 Å². The highest BCUT2D eigenvalue weighted by Crippen LogP contribution is 2.12. The topological polar surface area (TPSA) is 75.8 Å². The van der Waals surface area contributed by atoms with Crippen molar-refractivity contribution in [2.24, 2.45) is 5.73 Å². The van der Waals surface area contributed by atoms with Gasteiger partial charge < -0.3 is 20.5 Å². The van der Waals surface area contributed by atoms with Crippen molar-refractivity contribution in [3.05, 3.63) is 24.7 Å². The third kappa shape index (κ3) is 3.57. The van der Waals surface area contributed by atoms with Crippen LogP contribution >= 0.6 is 0 Å². The predicted octanol–water partition coefficient (Wildman–Crippen LogP) is 0.361. The molecule has 5 heteroatoms. The van der Waals surface area contributed by atoms with Crippen molar-refractivity contribution in [3.63, 3.8) is 0 Å². The Morgan fingerprint density at radius 2 is 2.12 bits per heavy atom. The van der Waals surface area contributed by atoms with Crippen molar-refractivity contribution in [1.29, 1.82) is 0 Å². The van der Waals surface area contributed by atoms with E-state index < -0.39 is 12.1 Å². The standard InChI is InChI=1S/C12H20N2O3/c1-3-17-8-9(2)11(15)10(13)12(16)14-6-4-5-7-14/h3,8,10-11,15H,1,4-7,13H2,2H3. The number of hydrogen-bond acceptors (Lipinski definition) is 4. The van der Waals surface area contributed by atoms with Gasteiger partial charge in [-0.1, -0.05) is 6.58 Å². The number of amides is 1. The van der Waals surface area contributed by atoms with E-state index in [-0.39, 0.29) is 5.91 Å². The van der Waals surface area contributed by atoms with Gasteiger partial charge in [-0.15, -0.1) is 0 Å². The highest BCUT2D eigenvalue weighted by molar-refractivity contribution is 5.83. The lowest BCUT2D eigenvalue weighted by Crippen LogP contribution is -2.49. The van der Waals surface area contributed by atoms with Crippen LogP contribution in [0.1, 0.15) is 19.8 Å². The number of likely N-dealkylation sites (tertiary alicyclic amines) is 1. The number of hydrogen-bond donors (Lipinski definition) is 2. The van der Waals surface area contributed by atoms with Crippen LogP contribution in [0.15, 0.2) is 24.7 Å². The Hall–Kier alpha value is -1.33. The van der Waals surface area contributed by atoms with Crippen LogP contribution in [0.4, 0.5) is 0 Å². The van der Waals surface area contributed by atoms with Crippen LogP contribution < -0.4 is 5.73 Å². The zero-order valence-corrected chi connectivity index (χ0v) is 10.1. The number of aliphatic hydroxyl groups is 1. The molecule has 0 radical (unpaired) electrons. The van der Waals surface area contributed by atoms with E-state index in [0.29, 0.717) is 5.57 Å². The number of carbonyl (C=O) groups is 1. The molecule has 1 aliphatic heterocycles. The van der Waals surface area contributed by atoms with Gasteiger partial charge in [0.1, 0.15) is 12.1 Å². The molecule has 2 atom stereocenters. The maximum atomic E-state index is 11.9. The number of nitrogens with zero attached hydrogens (tertiary/aromatic N) is 1. The molecular weight excluding hydrogens is 220 g/mol. The molecule has 1 heterocycles. The summed E-state index contributed by atoms with van der Waals surface area (Å²) in [6.07, 6.45) is 3.56. The van der Waals surface area contributed by atoms with Crippen LogP contribution in [0, 0.1) is 0 Å². The number of rotatable bonds is 5. The normalized spacial score (nSPS) is 19.9. The van der Waals surface area contributed by atoms with E-state index in [1.807, 2.05) is 0 Å². The first-order chi connectivity index (χ1) is 8.07. The Bertz CT molecular complexity index is 309. The lowest BCUT2D eigenvalue weighted by Gasteiger charge is -2.24. The summed E-state index contributed by atoms with van der Waals surface area (Å²) < 4.78 is 4.83. The molecule has 1 fully saturated rings. The van der Waals surface area contributed by atoms with Crippen LogP contribution in [-0.2, 0) is 9.53 Å². The monoisotopic (exact) mass is 240 g/mol. The van der Waals surface area contributed by atoms with Crippen LogP contribution in [-0.4, -0.2) is 41.1 Å². The Morgan fingerprint density at radius 3 is 2.65 bits per heavy atom. The predicted molar refractivity (Wildman–Crippen MR) is 64.8 cm³/mol. The fourth-order valence-corrected chi connectivity index (χ4v) is 1.79. The van der Waals surface area contributed by atoms with E-state index in [1.165, 1.54) is 12.5 Å². The summed E-state index contributed by atoms with van der Waals surface area (Å²) in [6, 6.07) is -0.933. The summed E-state index contributed by atoms with van der Waals surface area (Å²) in [6.45, 7) is 6.49. The molecule has 1 saturated heterocycles. The quantitative estimate of drug-likeness (QED) is 0.680. The van der Waals surface area contributed by atoms with E-state index in [2.05, 4.69) is 6.58 Å². The molecule has 5 nitrogen and oxygen atoms in total. The molecule has 0 aromatic rings. The fourth-order valence-electron chi connectivity index (χ4n) is 1.79. The molecule has 1 aliphatic rings. The first-order valence-corrected chi connectivity index (χ1v) is 5.73. The average Bonchev–Trinajstić information content (AvgIpc) is 2.86. The number of carbonyl (C=O) groups excluding carboxylic acids is 1. The van der Waals surface area contributed by atoms with Crippen molar-refractivity contribution in [3.8, 4) is 0 Å². The molecule has 3 N–H and O–H groups in total. The molecule has 1 rings (SSSR count). The van der Waals surface area contributed by atoms with Crippen LogP contribution in [0.25, 0.3) is 0 Å². The first-order valence-electron chi connectivity index (χ1n) is 5.73. The van der Waals surface area contributed by atoms with Gasteiger partial charge in [-0.25, -0.2) is 0 Å². The molecule has 1 amide bonds. The second-order valence-electron chi connectivity index (χ2n) is 4.17. The molecular formula is C12H20N2O3. The third-order valence-corrected chi connectivity index (χ3v) is 2.86. The summed E-state index contributed by atoms with van der Waals surface area (Å²) >= 11 is 0. The second-order valence-corrected chi connectivity index (χ2v) is 4.17. The van der Waals surface area contributed by atoms with E-state index in [1.54, 1.807) is 11.8 Å². The molecule has 0 aromatic heterocycles. The second kappa shape index (κ2) is 6.42. The molecule has 96 valence electrons. The van der Waals surface area contributed by atoms with E-state index in [9.17, 15) is 9.90 Å². The summed E-state index contributed by atoms with van der Waals surface area (Å²) in [5, 5.41) is 9.89. The molecule has 0 spiro atoms. The zero-order valence-electron chi connectivity index (χ0n) is 10.1. The van der Waals surface area contributed by atoms with Gasteiger partial charge in [0.25, 0.3) is 0 Å². The van der Waals surface area contributed by atoms with Gasteiger partial charge in [-0.05, 0) is 25.3 Å². The minimum atomic E-state index is -1.02. The summed E-state index contributed by atoms with van der Waals surface area (Å²) in [5.41, 5.74) is 6.25. The molecule has 17 heavy (non-hydrogen) atoms. The SMILES string of the molecule is C=COC=C(C)C(O)C(N)C(=O)N1CCCC1. The molecule has 2 unspecified atom stereocenters. The largest absolute Gasteiger partial charge is 0.473 e. The fraction of sp³-hybridized carbons (Fsp3) is 0.583. The number of aliphatic hydroxyl groups excluding tert-OH is 1. The molecule has 0 saturated carbocycles. The molecule has 0 aromatic carbocycles. The van der Waals surface area contributed by atoms with E-state index in [4.69, 9.17) is 10.5 Å². The van der Waals surface area contributed by atoms with Gasteiger partial charge in [0.15, 0.2) is 0 Å². The van der Waals surface area contributed by atoms with Crippen molar-refractivity contribution in [2.75, 3.05) is 13.1 Å². The van der Waals surface area contributed by atoms with Gasteiger partial charge in [0.05, 0.1) is 12.5 Å². The summed E-state index contributed by atoms with van der Waals surface area (Å²) in [7, 11) is 0. The Balaban J connectivity index is 2.58. The average molecular weight is 240 g/mol. The van der Waals surface area contributed by atoms with Crippen LogP contribution in [0.5, 0.6) is 0 Å². The molecule has 0 bridgehead atoms. The minimum Gasteiger partial charge on any atom is -0.473 e. The third-order valence-electron chi connectivity index (χ3n) is 2.86. The van der Waals surface area contributed by atoms with Gasteiger partial charge in [-0.3, -0.25) is 4.79 Å². The van der Waals surface area contributed by atoms with Gasteiger partial charge >= 0.3 is 0 Å². The lowest BCUT2D eigenvalue weighted by atomic mass is 10.0. The maximum absolute atomic E-state index is 11.9. The smallest absolute Gasteiger partial charge is 0.242 e. The highest BCUT2D eigenvalue weighted by atomic mass is 16.5. The molecule has 0 aliphatic carbocycles. The lowest BCUT2D eigenvalue weighted by molar-refractivity contribution is -0.133. The first kappa shape index (κ1) is 13.7. The van der Waals surface area contributed by atoms with Gasteiger partial charge in [0, 0.05) is 13.1 Å². The van der Waals surface area contributed by atoms with Crippen LogP contribution in [0.3, 0.4) is 0 Å². The summed E-state index contributed by atoms with van der Waals surface area (Å²) in [5.74, 6) is -0.207. The minimum absolute atomic E-state index is 0.207. The van der Waals surface area contributed by atoms with Crippen molar-refractivity contribution in [1.82, 2.24) is 4.90 Å². The van der Waals surface area contributed by atoms with E-state index in [0.717, 1.165) is 25.9 Å². The van der Waals surface area contributed by atoms with Crippen molar-refractivity contribution in [2.45, 2.75) is 31.9 Å². The maximum Gasteiger partial charge on any atom is 0.242 e. The van der Waals surface area contributed by atoms with Crippen molar-refractivity contribution >= 4 is 5.91 Å². The van der Waals surface area contributed by atoms with Crippen molar-refractivity contribution < 1.29 is 14.6 Å². The van der Waals surface area contributed by atoms with E-state index >= 15 is 0 Å². The Labute approximate surface area is 102 Å². The zero-order chi connectivity index (χ0) is 12.8. The Kier molecular flexibility index (Phi) is 5.18.